The van der Waals surface area contributed by atoms with E-state index in [0.717, 1.165) is 0 Å². The molecule has 5 amide bonds. The molecule has 196 valence electrons. The highest BCUT2D eigenvalue weighted by Crippen LogP contribution is 2.56. The molecule has 3 heterocycles. The number of tetrazole rings is 1. The number of benzene rings is 1. The molecule has 1 aromatic heterocycles. The fraction of sp³-hybridized carbons (Fsp3) is 0.400. The van der Waals surface area contributed by atoms with Gasteiger partial charge in [0.25, 0.3) is 0 Å². The van der Waals surface area contributed by atoms with Crippen molar-refractivity contribution >= 4 is 41.5 Å². The van der Waals surface area contributed by atoms with E-state index in [-0.39, 0.29) is 17.0 Å². The Morgan fingerprint density at radius 2 is 1.97 bits per heavy atom. The minimum Gasteiger partial charge on any atom is -0.508 e. The average molecular weight is 532 g/mol. The van der Waals surface area contributed by atoms with Gasteiger partial charge in [-0.15, -0.1) is 22.0 Å². The molecule has 9 N–H and O–H groups in total. The lowest BCUT2D eigenvalue weighted by Gasteiger charge is -2.44. The van der Waals surface area contributed by atoms with Crippen molar-refractivity contribution in [1.82, 2.24) is 41.5 Å². The summed E-state index contributed by atoms with van der Waals surface area (Å²) in [4.78, 5) is 55.3. The first-order chi connectivity index (χ1) is 17.5. The Morgan fingerprint density at radius 3 is 2.59 bits per heavy atom. The van der Waals surface area contributed by atoms with E-state index in [4.69, 9.17) is 11.5 Å². The van der Waals surface area contributed by atoms with Crippen molar-refractivity contribution in [1.29, 1.82) is 0 Å². The molecule has 0 bridgehead atoms. The van der Waals surface area contributed by atoms with Crippen LogP contribution in [0.3, 0.4) is 0 Å². The van der Waals surface area contributed by atoms with Crippen molar-refractivity contribution in [2.75, 3.05) is 6.54 Å². The second-order valence-electron chi connectivity index (χ2n) is 8.80. The number of thioether (sulfide) groups is 1. The van der Waals surface area contributed by atoms with E-state index in [0.29, 0.717) is 11.4 Å². The van der Waals surface area contributed by atoms with Gasteiger partial charge in [0, 0.05) is 4.75 Å². The van der Waals surface area contributed by atoms with Crippen LogP contribution < -0.4 is 27.4 Å². The number of urea groups is 1. The Balaban J connectivity index is 1.47. The summed E-state index contributed by atoms with van der Waals surface area (Å²) in [5.74, 6) is -1.85. The number of hydrogen-bond donors (Lipinski definition) is 7. The topological polar surface area (TPSA) is 247 Å². The highest BCUT2D eigenvalue weighted by Gasteiger charge is 2.63. The van der Waals surface area contributed by atoms with Crippen LogP contribution in [0.25, 0.3) is 0 Å². The summed E-state index contributed by atoms with van der Waals surface area (Å²) < 4.78 is -0.456. The molecule has 37 heavy (non-hydrogen) atoms. The number of nitrogens with two attached hydrogens (primary N) is 2. The second-order valence-corrected chi connectivity index (χ2v) is 10.6. The van der Waals surface area contributed by atoms with Gasteiger partial charge in [0.2, 0.25) is 17.7 Å². The van der Waals surface area contributed by atoms with Crippen LogP contribution in [0, 0.1) is 0 Å². The molecule has 4 rings (SSSR count). The fourth-order valence-corrected chi connectivity index (χ4v) is 5.81. The number of aromatic amines is 1. The predicted octanol–water partition coefficient (Wildman–Crippen LogP) is -2.03. The van der Waals surface area contributed by atoms with E-state index >= 15 is 0 Å². The Kier molecular flexibility index (Phi) is 6.88. The van der Waals surface area contributed by atoms with Crippen LogP contribution in [0.1, 0.15) is 37.3 Å². The van der Waals surface area contributed by atoms with Gasteiger partial charge in [0.05, 0.1) is 6.54 Å². The van der Waals surface area contributed by atoms with Gasteiger partial charge in [-0.05, 0) is 31.5 Å². The van der Waals surface area contributed by atoms with Gasteiger partial charge in [0.15, 0.2) is 11.8 Å². The summed E-state index contributed by atoms with van der Waals surface area (Å²) in [7, 11) is 0. The van der Waals surface area contributed by atoms with Gasteiger partial charge in [-0.2, -0.15) is 10.2 Å². The number of guanidine groups is 1. The molecule has 0 saturated carbocycles. The number of phenolic OH excluding ortho intramolecular Hbond substituents is 1. The van der Waals surface area contributed by atoms with Gasteiger partial charge in [-0.3, -0.25) is 14.4 Å². The Hall–Kier alpha value is -4.41. The van der Waals surface area contributed by atoms with Gasteiger partial charge in [0.1, 0.15) is 29.2 Å². The minimum absolute atomic E-state index is 0.0411. The predicted molar refractivity (Wildman–Crippen MR) is 129 cm³/mol. The number of fused-ring (bicyclic) bond motifs is 1. The van der Waals surface area contributed by atoms with E-state index < -0.39 is 53.2 Å². The number of H-pyrrole nitrogens is 1. The molecule has 1 aromatic carbocycles. The van der Waals surface area contributed by atoms with Crippen LogP contribution in [0.4, 0.5) is 4.79 Å². The maximum atomic E-state index is 13.3. The molecular weight excluding hydrogens is 506 g/mol. The zero-order chi connectivity index (χ0) is 26.9. The zero-order valence-corrected chi connectivity index (χ0v) is 20.5. The van der Waals surface area contributed by atoms with Crippen LogP contribution in [0.2, 0.25) is 0 Å². The molecule has 0 aliphatic carbocycles. The van der Waals surface area contributed by atoms with Crippen molar-refractivity contribution in [3.8, 4) is 5.75 Å². The minimum atomic E-state index is -1.23. The highest BCUT2D eigenvalue weighted by molar-refractivity contribution is 8.01. The van der Waals surface area contributed by atoms with Gasteiger partial charge < -0.3 is 37.4 Å². The van der Waals surface area contributed by atoms with Crippen molar-refractivity contribution < 1.29 is 24.3 Å². The third kappa shape index (κ3) is 5.25. The number of aromatic nitrogens is 4. The SMILES string of the molecule is CC1(C)S[C@@H]2C(NC(=O)[C@H](NC(=O)CNC(=O)N=C(N)N)c3ccc(O)cc3)C(=O)N2C1c1nn[nH]n1. The number of carbonyl (C=O) groups is 4. The summed E-state index contributed by atoms with van der Waals surface area (Å²) in [6.45, 7) is 3.37. The van der Waals surface area contributed by atoms with Crippen LogP contribution in [-0.4, -0.2) is 83.1 Å². The highest BCUT2D eigenvalue weighted by atomic mass is 32.2. The standard InChI is InChI=1S/C20H25N11O5S/c1-20(2)13(14-27-29-30-28-14)31-16(35)12(17(31)37-20)25-15(34)11(8-3-5-9(32)6-4-8)24-10(33)7-23-19(36)26-18(21)22/h3-6,11-13,17,32H,7H2,1-2H3,(H,24,33)(H,25,34)(H,27,28,29,30)(H5,21,22,23,26,36)/t11-,12?,13?,17-/m1/s1. The molecule has 0 spiro atoms. The number of rotatable bonds is 7. The Morgan fingerprint density at radius 1 is 1.27 bits per heavy atom. The van der Waals surface area contributed by atoms with Crippen LogP contribution in [0.15, 0.2) is 29.3 Å². The van der Waals surface area contributed by atoms with Crippen LogP contribution >= 0.6 is 11.8 Å². The van der Waals surface area contributed by atoms with E-state index in [1.807, 2.05) is 13.8 Å². The van der Waals surface area contributed by atoms with E-state index in [2.05, 4.69) is 41.6 Å². The smallest absolute Gasteiger partial charge is 0.344 e. The summed E-state index contributed by atoms with van der Waals surface area (Å²) >= 11 is 1.49. The number of nitrogens with one attached hydrogen (secondary N) is 4. The van der Waals surface area contributed by atoms with Crippen LogP contribution in [-0.2, 0) is 14.4 Å². The van der Waals surface area contributed by atoms with Crippen molar-refractivity contribution in [3.05, 3.63) is 35.7 Å². The fourth-order valence-electron chi connectivity index (χ4n) is 4.18. The van der Waals surface area contributed by atoms with E-state index in [9.17, 15) is 24.3 Å². The molecule has 16 nitrogen and oxygen atoms in total. The van der Waals surface area contributed by atoms with Crippen LogP contribution in [0.5, 0.6) is 5.75 Å². The first-order valence-corrected chi connectivity index (χ1v) is 11.9. The lowest BCUT2D eigenvalue weighted by atomic mass is 9.95. The molecular formula is C20H25N11O5S. The summed E-state index contributed by atoms with van der Waals surface area (Å²) in [6, 6.07) is 2.14. The molecule has 2 aromatic rings. The Labute approximate surface area is 214 Å². The van der Waals surface area contributed by atoms with E-state index in [1.54, 1.807) is 4.90 Å². The third-order valence-corrected chi connectivity index (χ3v) is 7.34. The van der Waals surface area contributed by atoms with Crippen molar-refractivity contribution in [2.45, 2.75) is 42.1 Å². The van der Waals surface area contributed by atoms with Gasteiger partial charge in [-0.25, -0.2) is 4.79 Å². The Bertz CT molecular complexity index is 1230. The second kappa shape index (κ2) is 9.92. The number of aliphatic imine (C=N–C) groups is 1. The largest absolute Gasteiger partial charge is 0.508 e. The monoisotopic (exact) mass is 531 g/mol. The number of amides is 5. The lowest BCUT2D eigenvalue weighted by molar-refractivity contribution is -0.152. The van der Waals surface area contributed by atoms with Crippen molar-refractivity contribution in [2.24, 2.45) is 16.5 Å². The zero-order valence-electron chi connectivity index (χ0n) is 19.7. The molecule has 2 unspecified atom stereocenters. The number of nitrogens with zero attached hydrogens (tertiary/aromatic N) is 5. The molecule has 0 radical (unpaired) electrons. The molecule has 2 aliphatic heterocycles. The van der Waals surface area contributed by atoms with Gasteiger partial charge >= 0.3 is 6.03 Å². The first kappa shape index (κ1) is 25.7. The summed E-state index contributed by atoms with van der Waals surface area (Å²) in [5.41, 5.74) is 10.6. The average Bonchev–Trinajstić information content (AvgIpc) is 3.44. The summed E-state index contributed by atoms with van der Waals surface area (Å²) in [6.07, 6.45) is 0. The van der Waals surface area contributed by atoms with Crippen molar-refractivity contribution in [3.63, 3.8) is 0 Å². The number of aromatic hydroxyl groups is 1. The lowest BCUT2D eigenvalue weighted by Crippen LogP contribution is -2.68. The summed E-state index contributed by atoms with van der Waals surface area (Å²) in [5, 5.41) is 30.7. The maximum Gasteiger partial charge on any atom is 0.344 e. The normalized spacial score (nSPS) is 22.3. The molecule has 2 aliphatic rings. The quantitative estimate of drug-likeness (QED) is 0.116. The number of β-lactam (4-membered cyclic amide) rings is 1. The first-order valence-electron chi connectivity index (χ1n) is 11.0. The number of phenols is 1. The van der Waals surface area contributed by atoms with Gasteiger partial charge in [-0.1, -0.05) is 17.3 Å². The maximum absolute atomic E-state index is 13.3. The number of hydrogen-bond acceptors (Lipinski definition) is 9. The third-order valence-electron chi connectivity index (χ3n) is 5.77. The van der Waals surface area contributed by atoms with E-state index in [1.165, 1.54) is 36.0 Å². The molecule has 4 atom stereocenters. The molecule has 2 saturated heterocycles. The number of carbonyl (C=O) groups excluding carboxylic acids is 4. The molecule has 2 fully saturated rings. The molecule has 17 heteroatoms.